The number of aromatic nitrogens is 3. The van der Waals surface area contributed by atoms with Crippen LogP contribution in [0.3, 0.4) is 0 Å². The normalized spacial score (nSPS) is 12.9. The van der Waals surface area contributed by atoms with Crippen LogP contribution in [0.4, 0.5) is 0 Å². The fraction of sp³-hybridized carbons (Fsp3) is 0.300. The Balaban J connectivity index is 2.64. The van der Waals surface area contributed by atoms with Crippen LogP contribution in [0.25, 0.3) is 5.65 Å². The molecular formula is C10H12N4O2. The molecule has 0 fully saturated rings. The Labute approximate surface area is 91.7 Å². The van der Waals surface area contributed by atoms with E-state index in [2.05, 4.69) is 9.97 Å². The maximum absolute atomic E-state index is 10.8. The van der Waals surface area contributed by atoms with Crippen molar-refractivity contribution in [1.29, 1.82) is 0 Å². The SMILES string of the molecule is Cc1cc2nc(C(N)C(=O)O)c(C)n2cn1. The standard InChI is InChI=1S/C10H12N4O2/c1-5-3-7-13-9(8(11)10(15)16)6(2)14(7)4-12-5/h3-4,8H,11H2,1-2H3,(H,15,16). The highest BCUT2D eigenvalue weighted by molar-refractivity contribution is 5.75. The maximum atomic E-state index is 10.8. The van der Waals surface area contributed by atoms with E-state index in [1.807, 2.05) is 6.92 Å². The summed E-state index contributed by atoms with van der Waals surface area (Å²) in [5.41, 5.74) is 8.12. The van der Waals surface area contributed by atoms with Gasteiger partial charge < -0.3 is 10.8 Å². The largest absolute Gasteiger partial charge is 0.480 e. The molecule has 0 aliphatic rings. The summed E-state index contributed by atoms with van der Waals surface area (Å²) in [7, 11) is 0. The van der Waals surface area contributed by atoms with Gasteiger partial charge in [-0.25, -0.2) is 9.97 Å². The molecule has 0 saturated heterocycles. The topological polar surface area (TPSA) is 93.5 Å². The number of hydrogen-bond acceptors (Lipinski definition) is 4. The second-order valence-corrected chi connectivity index (χ2v) is 3.66. The second kappa shape index (κ2) is 3.57. The number of carboxylic acids is 1. The van der Waals surface area contributed by atoms with Gasteiger partial charge in [-0.3, -0.25) is 9.20 Å². The van der Waals surface area contributed by atoms with Gasteiger partial charge in [0, 0.05) is 17.5 Å². The van der Waals surface area contributed by atoms with Crippen molar-refractivity contribution in [3.63, 3.8) is 0 Å². The van der Waals surface area contributed by atoms with Crippen molar-refractivity contribution in [2.45, 2.75) is 19.9 Å². The third-order valence-electron chi connectivity index (χ3n) is 2.49. The van der Waals surface area contributed by atoms with Crippen LogP contribution >= 0.6 is 0 Å². The molecule has 2 rings (SSSR count). The molecule has 2 aromatic heterocycles. The third-order valence-corrected chi connectivity index (χ3v) is 2.49. The molecule has 2 heterocycles. The van der Waals surface area contributed by atoms with Crippen LogP contribution in [0, 0.1) is 13.8 Å². The van der Waals surface area contributed by atoms with Crippen LogP contribution in [-0.4, -0.2) is 25.4 Å². The number of carbonyl (C=O) groups is 1. The van der Waals surface area contributed by atoms with Gasteiger partial charge in [0.15, 0.2) is 0 Å². The lowest BCUT2D eigenvalue weighted by Gasteiger charge is -2.03. The van der Waals surface area contributed by atoms with Crippen LogP contribution in [0.5, 0.6) is 0 Å². The lowest BCUT2D eigenvalue weighted by atomic mass is 10.2. The highest BCUT2D eigenvalue weighted by atomic mass is 16.4. The van der Waals surface area contributed by atoms with E-state index in [1.54, 1.807) is 23.7 Å². The summed E-state index contributed by atoms with van der Waals surface area (Å²) in [4.78, 5) is 19.1. The van der Waals surface area contributed by atoms with Crippen molar-refractivity contribution in [3.05, 3.63) is 29.5 Å². The van der Waals surface area contributed by atoms with Crippen molar-refractivity contribution < 1.29 is 9.90 Å². The molecule has 3 N–H and O–H groups in total. The zero-order valence-corrected chi connectivity index (χ0v) is 9.01. The molecule has 16 heavy (non-hydrogen) atoms. The lowest BCUT2D eigenvalue weighted by molar-refractivity contribution is -0.138. The number of aryl methyl sites for hydroxylation is 2. The summed E-state index contributed by atoms with van der Waals surface area (Å²) in [6.07, 6.45) is 1.62. The van der Waals surface area contributed by atoms with E-state index in [0.29, 0.717) is 17.0 Å². The second-order valence-electron chi connectivity index (χ2n) is 3.66. The summed E-state index contributed by atoms with van der Waals surface area (Å²) >= 11 is 0. The highest BCUT2D eigenvalue weighted by Crippen LogP contribution is 2.17. The fourth-order valence-corrected chi connectivity index (χ4v) is 1.59. The molecule has 84 valence electrons. The molecule has 0 bridgehead atoms. The Morgan fingerprint density at radius 2 is 2.25 bits per heavy atom. The smallest absolute Gasteiger partial charge is 0.326 e. The predicted octanol–water partition coefficient (Wildman–Crippen LogP) is 0.431. The van der Waals surface area contributed by atoms with E-state index in [0.717, 1.165) is 5.69 Å². The number of nitrogens with two attached hydrogens (primary N) is 1. The van der Waals surface area contributed by atoms with Crippen molar-refractivity contribution in [1.82, 2.24) is 14.4 Å². The maximum Gasteiger partial charge on any atom is 0.326 e. The van der Waals surface area contributed by atoms with Crippen LogP contribution < -0.4 is 5.73 Å². The minimum absolute atomic E-state index is 0.375. The molecule has 0 aliphatic carbocycles. The van der Waals surface area contributed by atoms with Gasteiger partial charge >= 0.3 is 5.97 Å². The van der Waals surface area contributed by atoms with Gasteiger partial charge in [-0.2, -0.15) is 0 Å². The monoisotopic (exact) mass is 220 g/mol. The summed E-state index contributed by atoms with van der Waals surface area (Å²) in [5.74, 6) is -1.09. The van der Waals surface area contributed by atoms with E-state index in [4.69, 9.17) is 10.8 Å². The van der Waals surface area contributed by atoms with Gasteiger partial charge in [0.25, 0.3) is 0 Å². The lowest BCUT2D eigenvalue weighted by Crippen LogP contribution is -2.21. The molecule has 0 radical (unpaired) electrons. The fourth-order valence-electron chi connectivity index (χ4n) is 1.59. The van der Waals surface area contributed by atoms with Crippen LogP contribution in [0.1, 0.15) is 23.1 Å². The van der Waals surface area contributed by atoms with Gasteiger partial charge in [-0.15, -0.1) is 0 Å². The number of nitrogens with zero attached hydrogens (tertiary/aromatic N) is 3. The van der Waals surface area contributed by atoms with Crippen LogP contribution in [0.15, 0.2) is 12.4 Å². The van der Waals surface area contributed by atoms with Gasteiger partial charge in [0.2, 0.25) is 0 Å². The first kappa shape index (κ1) is 10.6. The first-order valence-corrected chi connectivity index (χ1v) is 4.80. The first-order chi connectivity index (χ1) is 7.50. The Morgan fingerprint density at radius 3 is 2.88 bits per heavy atom. The molecular weight excluding hydrogens is 208 g/mol. The van der Waals surface area contributed by atoms with Crippen molar-refractivity contribution in [2.75, 3.05) is 0 Å². The molecule has 1 unspecified atom stereocenters. The molecule has 6 nitrogen and oxygen atoms in total. The Kier molecular flexibility index (Phi) is 2.35. The highest BCUT2D eigenvalue weighted by Gasteiger charge is 2.21. The molecule has 0 spiro atoms. The molecule has 1 atom stereocenters. The zero-order valence-electron chi connectivity index (χ0n) is 9.01. The van der Waals surface area contributed by atoms with E-state index < -0.39 is 12.0 Å². The quantitative estimate of drug-likeness (QED) is 0.765. The summed E-state index contributed by atoms with van der Waals surface area (Å²) < 4.78 is 1.73. The number of rotatable bonds is 2. The summed E-state index contributed by atoms with van der Waals surface area (Å²) in [6.45, 7) is 3.62. The van der Waals surface area contributed by atoms with Crippen LogP contribution in [0.2, 0.25) is 0 Å². The summed E-state index contributed by atoms with van der Waals surface area (Å²) in [5, 5.41) is 8.85. The van der Waals surface area contributed by atoms with Gasteiger partial charge in [0.1, 0.15) is 18.0 Å². The summed E-state index contributed by atoms with van der Waals surface area (Å²) in [6, 6.07) is 0.686. The molecule has 0 saturated carbocycles. The van der Waals surface area contributed by atoms with E-state index in [1.165, 1.54) is 0 Å². The third kappa shape index (κ3) is 1.53. The Morgan fingerprint density at radius 1 is 1.56 bits per heavy atom. The average Bonchev–Trinajstić information content (AvgIpc) is 2.54. The molecule has 0 amide bonds. The minimum Gasteiger partial charge on any atom is -0.480 e. The molecule has 0 aromatic carbocycles. The number of imidazole rings is 1. The Bertz CT molecular complexity index is 561. The van der Waals surface area contributed by atoms with Gasteiger partial charge in [-0.05, 0) is 13.8 Å². The van der Waals surface area contributed by atoms with E-state index >= 15 is 0 Å². The zero-order chi connectivity index (χ0) is 11.9. The molecule has 2 aromatic rings. The number of hydrogen-bond donors (Lipinski definition) is 2. The van der Waals surface area contributed by atoms with E-state index in [-0.39, 0.29) is 0 Å². The van der Waals surface area contributed by atoms with Gasteiger partial charge in [-0.1, -0.05) is 0 Å². The van der Waals surface area contributed by atoms with E-state index in [9.17, 15) is 4.79 Å². The van der Waals surface area contributed by atoms with Gasteiger partial charge in [0.05, 0.1) is 5.69 Å². The first-order valence-electron chi connectivity index (χ1n) is 4.80. The van der Waals surface area contributed by atoms with Crippen molar-refractivity contribution >= 4 is 11.6 Å². The minimum atomic E-state index is -1.10. The number of carboxylic acid groups (broad SMARTS) is 1. The molecule has 6 heteroatoms. The number of fused-ring (bicyclic) bond motifs is 1. The predicted molar refractivity (Wildman–Crippen MR) is 57.0 cm³/mol. The van der Waals surface area contributed by atoms with Crippen molar-refractivity contribution in [3.8, 4) is 0 Å². The Hall–Kier alpha value is -1.95. The molecule has 0 aliphatic heterocycles. The number of aliphatic carboxylic acids is 1. The van der Waals surface area contributed by atoms with Crippen LogP contribution in [-0.2, 0) is 4.79 Å². The van der Waals surface area contributed by atoms with Crippen molar-refractivity contribution in [2.24, 2.45) is 5.73 Å². The average molecular weight is 220 g/mol.